The van der Waals surface area contributed by atoms with E-state index in [0.717, 1.165) is 22.0 Å². The molecule has 0 aliphatic heterocycles. The molecule has 0 aliphatic rings. The summed E-state index contributed by atoms with van der Waals surface area (Å²) in [5.74, 6) is -0.110. The number of para-hydroxylation sites is 1. The smallest absolute Gasteiger partial charge is 0.170 e. The van der Waals surface area contributed by atoms with Gasteiger partial charge in [-0.15, -0.1) is 0 Å². The molecule has 0 aliphatic carbocycles. The molecule has 3 rings (SSSR count). The molecule has 0 amide bonds. The van der Waals surface area contributed by atoms with Gasteiger partial charge < -0.3 is 4.57 Å². The van der Waals surface area contributed by atoms with Gasteiger partial charge in [0.05, 0.1) is 0 Å². The Morgan fingerprint density at radius 3 is 2.35 bits per heavy atom. The lowest BCUT2D eigenvalue weighted by Crippen LogP contribution is -2.19. The van der Waals surface area contributed by atoms with Gasteiger partial charge in [0.15, 0.2) is 5.78 Å². The molecule has 23 heavy (non-hydrogen) atoms. The molecule has 0 bridgehead atoms. The molecule has 0 fully saturated rings. The number of hydrogen-bond acceptors (Lipinski definition) is 1. The average molecular weight is 309 g/mol. The minimum atomic E-state index is -0.426. The first-order valence-electron chi connectivity index (χ1n) is 7.73. The summed E-state index contributed by atoms with van der Waals surface area (Å²) >= 11 is 0. The van der Waals surface area contributed by atoms with Crippen LogP contribution in [0.3, 0.4) is 0 Å². The standard InChI is InChI=1S/C20H20FNO/c1-20(2,3)19(23)17-13-22(18-7-5-4-6-16(17)18)12-14-8-10-15(21)11-9-14/h4-11,13H,12H2,1-3H3. The molecule has 0 saturated heterocycles. The second-order valence-electron chi connectivity index (χ2n) is 6.89. The summed E-state index contributed by atoms with van der Waals surface area (Å²) in [4.78, 5) is 12.7. The zero-order valence-electron chi connectivity index (χ0n) is 13.6. The van der Waals surface area contributed by atoms with Crippen LogP contribution < -0.4 is 0 Å². The first kappa shape index (κ1) is 15.5. The molecule has 0 spiro atoms. The SMILES string of the molecule is CC(C)(C)C(=O)c1cn(Cc2ccc(F)cc2)c2ccccc12. The number of carbonyl (C=O) groups is 1. The molecule has 0 N–H and O–H groups in total. The molecule has 1 heterocycles. The Morgan fingerprint density at radius 2 is 1.70 bits per heavy atom. The van der Waals surface area contributed by atoms with Crippen LogP contribution >= 0.6 is 0 Å². The van der Waals surface area contributed by atoms with E-state index in [4.69, 9.17) is 0 Å². The third-order valence-electron chi connectivity index (χ3n) is 3.98. The average Bonchev–Trinajstić information content (AvgIpc) is 2.87. The zero-order valence-corrected chi connectivity index (χ0v) is 13.6. The summed E-state index contributed by atoms with van der Waals surface area (Å²) in [6, 6.07) is 14.4. The van der Waals surface area contributed by atoms with Crippen LogP contribution in [-0.2, 0) is 6.54 Å². The first-order chi connectivity index (χ1) is 10.9. The summed E-state index contributed by atoms with van der Waals surface area (Å²) in [5.41, 5.74) is 2.34. The van der Waals surface area contributed by atoms with Crippen molar-refractivity contribution in [2.45, 2.75) is 27.3 Å². The number of Topliss-reactive ketones (excluding diaryl/α,β-unsaturated/α-hetero) is 1. The quantitative estimate of drug-likeness (QED) is 0.620. The lowest BCUT2D eigenvalue weighted by Gasteiger charge is -2.15. The number of fused-ring (bicyclic) bond motifs is 1. The van der Waals surface area contributed by atoms with Crippen molar-refractivity contribution < 1.29 is 9.18 Å². The summed E-state index contributed by atoms with van der Waals surface area (Å²) < 4.78 is 15.1. The fourth-order valence-electron chi connectivity index (χ4n) is 2.75. The van der Waals surface area contributed by atoms with Crippen molar-refractivity contribution in [3.63, 3.8) is 0 Å². The van der Waals surface area contributed by atoms with E-state index in [9.17, 15) is 9.18 Å². The van der Waals surface area contributed by atoms with Crippen molar-refractivity contribution in [3.05, 3.63) is 71.7 Å². The highest BCUT2D eigenvalue weighted by atomic mass is 19.1. The zero-order chi connectivity index (χ0) is 16.6. The molecule has 0 radical (unpaired) electrons. The molecule has 0 atom stereocenters. The number of halogens is 1. The van der Waals surface area contributed by atoms with Crippen LogP contribution in [0.2, 0.25) is 0 Å². The van der Waals surface area contributed by atoms with Crippen LogP contribution in [0.25, 0.3) is 10.9 Å². The molecule has 3 aromatic rings. The Morgan fingerprint density at radius 1 is 1.04 bits per heavy atom. The van der Waals surface area contributed by atoms with Crippen molar-refractivity contribution in [1.82, 2.24) is 4.57 Å². The fraction of sp³-hybridized carbons (Fsp3) is 0.250. The second kappa shape index (κ2) is 5.65. The molecule has 0 unspecified atom stereocenters. The largest absolute Gasteiger partial charge is 0.342 e. The van der Waals surface area contributed by atoms with Crippen LogP contribution in [0.4, 0.5) is 4.39 Å². The van der Waals surface area contributed by atoms with Gasteiger partial charge in [-0.2, -0.15) is 0 Å². The van der Waals surface area contributed by atoms with E-state index in [1.54, 1.807) is 12.1 Å². The van der Waals surface area contributed by atoms with Gasteiger partial charge >= 0.3 is 0 Å². The fourth-order valence-corrected chi connectivity index (χ4v) is 2.75. The Balaban J connectivity index is 2.08. The predicted molar refractivity (Wildman–Crippen MR) is 91.2 cm³/mol. The minimum absolute atomic E-state index is 0.131. The normalized spacial score (nSPS) is 11.8. The maximum absolute atomic E-state index is 13.1. The minimum Gasteiger partial charge on any atom is -0.342 e. The highest BCUT2D eigenvalue weighted by molar-refractivity contribution is 6.10. The Hall–Kier alpha value is -2.42. The predicted octanol–water partition coefficient (Wildman–Crippen LogP) is 5.06. The van der Waals surface area contributed by atoms with Crippen molar-refractivity contribution >= 4 is 16.7 Å². The molecular formula is C20H20FNO. The van der Waals surface area contributed by atoms with Gasteiger partial charge in [-0.05, 0) is 23.8 Å². The Labute approximate surface area is 135 Å². The van der Waals surface area contributed by atoms with Crippen molar-refractivity contribution in [1.29, 1.82) is 0 Å². The van der Waals surface area contributed by atoms with E-state index < -0.39 is 5.41 Å². The van der Waals surface area contributed by atoms with Crippen molar-refractivity contribution in [2.75, 3.05) is 0 Å². The third kappa shape index (κ3) is 3.04. The molecule has 2 nitrogen and oxygen atoms in total. The van der Waals surface area contributed by atoms with Crippen LogP contribution in [0.15, 0.2) is 54.7 Å². The Bertz CT molecular complexity index is 853. The van der Waals surface area contributed by atoms with E-state index in [1.807, 2.05) is 51.2 Å². The summed E-state index contributed by atoms with van der Waals surface area (Å²) in [6.07, 6.45) is 1.92. The molecule has 2 aromatic carbocycles. The second-order valence-corrected chi connectivity index (χ2v) is 6.89. The molecule has 118 valence electrons. The summed E-state index contributed by atoms with van der Waals surface area (Å²) in [7, 11) is 0. The van der Waals surface area contributed by atoms with E-state index in [0.29, 0.717) is 6.54 Å². The number of aromatic nitrogens is 1. The number of benzene rings is 2. The lowest BCUT2D eigenvalue weighted by molar-refractivity contribution is 0.0860. The van der Waals surface area contributed by atoms with Gasteiger partial charge in [-0.3, -0.25) is 4.79 Å². The highest BCUT2D eigenvalue weighted by Crippen LogP contribution is 2.28. The molecular weight excluding hydrogens is 289 g/mol. The van der Waals surface area contributed by atoms with E-state index in [1.165, 1.54) is 12.1 Å². The number of hydrogen-bond donors (Lipinski definition) is 0. The number of rotatable bonds is 3. The Kier molecular flexibility index (Phi) is 3.80. The first-order valence-corrected chi connectivity index (χ1v) is 7.73. The van der Waals surface area contributed by atoms with Crippen molar-refractivity contribution in [2.24, 2.45) is 5.41 Å². The van der Waals surface area contributed by atoms with Gasteiger partial charge in [-0.25, -0.2) is 4.39 Å². The molecule has 3 heteroatoms. The number of carbonyl (C=O) groups excluding carboxylic acids is 1. The molecule has 0 saturated carbocycles. The van der Waals surface area contributed by atoms with Gasteiger partial charge in [-0.1, -0.05) is 51.1 Å². The maximum atomic E-state index is 13.1. The summed E-state index contributed by atoms with van der Waals surface area (Å²) in [5, 5.41) is 0.967. The van der Waals surface area contributed by atoms with Crippen LogP contribution in [0, 0.1) is 11.2 Å². The van der Waals surface area contributed by atoms with Gasteiger partial charge in [0.1, 0.15) is 5.82 Å². The maximum Gasteiger partial charge on any atom is 0.170 e. The van der Waals surface area contributed by atoms with Gasteiger partial charge in [0.25, 0.3) is 0 Å². The number of ketones is 1. The van der Waals surface area contributed by atoms with Crippen LogP contribution in [0.1, 0.15) is 36.7 Å². The summed E-state index contributed by atoms with van der Waals surface area (Å²) in [6.45, 7) is 6.41. The highest BCUT2D eigenvalue weighted by Gasteiger charge is 2.26. The topological polar surface area (TPSA) is 22.0 Å². The van der Waals surface area contributed by atoms with Crippen molar-refractivity contribution in [3.8, 4) is 0 Å². The van der Waals surface area contributed by atoms with E-state index >= 15 is 0 Å². The number of nitrogens with zero attached hydrogens (tertiary/aromatic N) is 1. The van der Waals surface area contributed by atoms with Crippen LogP contribution in [-0.4, -0.2) is 10.4 Å². The van der Waals surface area contributed by atoms with Gasteiger partial charge in [0, 0.05) is 34.6 Å². The molecule has 1 aromatic heterocycles. The van der Waals surface area contributed by atoms with E-state index in [2.05, 4.69) is 4.57 Å². The van der Waals surface area contributed by atoms with E-state index in [-0.39, 0.29) is 11.6 Å². The lowest BCUT2D eigenvalue weighted by atomic mass is 9.86. The van der Waals surface area contributed by atoms with Crippen LogP contribution in [0.5, 0.6) is 0 Å². The van der Waals surface area contributed by atoms with Gasteiger partial charge in [0.2, 0.25) is 0 Å². The monoisotopic (exact) mass is 309 g/mol. The third-order valence-corrected chi connectivity index (χ3v) is 3.98.